The number of nitrogens with zero attached hydrogens (tertiary/aromatic N) is 2. The first-order valence-electron chi connectivity index (χ1n) is 4.94. The largest absolute Gasteiger partial charge is 0.439 e. The zero-order chi connectivity index (χ0) is 13.1. The molecule has 1 aromatic heterocycles. The van der Waals surface area contributed by atoms with Crippen LogP contribution in [0.2, 0.25) is 0 Å². The zero-order valence-corrected chi connectivity index (χ0v) is 10.1. The SMILES string of the molecule is Cc1coc(Sc2ccc(C=O)cc2[N+](=O)[O-])n1. The van der Waals surface area contributed by atoms with Crippen molar-refractivity contribution >= 4 is 23.7 Å². The Hall–Kier alpha value is -2.15. The van der Waals surface area contributed by atoms with Crippen LogP contribution in [0.5, 0.6) is 0 Å². The van der Waals surface area contributed by atoms with E-state index in [2.05, 4.69) is 4.98 Å². The first-order valence-corrected chi connectivity index (χ1v) is 5.75. The van der Waals surface area contributed by atoms with Gasteiger partial charge in [0, 0.05) is 11.6 Å². The van der Waals surface area contributed by atoms with E-state index in [0.29, 0.717) is 22.1 Å². The molecule has 18 heavy (non-hydrogen) atoms. The monoisotopic (exact) mass is 264 g/mol. The zero-order valence-electron chi connectivity index (χ0n) is 9.32. The van der Waals surface area contributed by atoms with Crippen LogP contribution < -0.4 is 0 Å². The molecule has 0 N–H and O–H groups in total. The van der Waals surface area contributed by atoms with Crippen LogP contribution in [-0.4, -0.2) is 16.2 Å². The van der Waals surface area contributed by atoms with Crippen molar-refractivity contribution in [3.63, 3.8) is 0 Å². The molecular weight excluding hydrogens is 256 g/mol. The number of rotatable bonds is 4. The maximum Gasteiger partial charge on any atom is 0.284 e. The van der Waals surface area contributed by atoms with E-state index in [-0.39, 0.29) is 11.3 Å². The van der Waals surface area contributed by atoms with Gasteiger partial charge in [-0.15, -0.1) is 0 Å². The number of aromatic nitrogens is 1. The molecule has 1 heterocycles. The third kappa shape index (κ3) is 2.57. The molecule has 0 radical (unpaired) electrons. The number of benzene rings is 1. The van der Waals surface area contributed by atoms with E-state index in [1.54, 1.807) is 6.92 Å². The van der Waals surface area contributed by atoms with E-state index in [1.807, 2.05) is 0 Å². The summed E-state index contributed by atoms with van der Waals surface area (Å²) in [5, 5.41) is 11.2. The van der Waals surface area contributed by atoms with Gasteiger partial charge in [-0.3, -0.25) is 14.9 Å². The minimum Gasteiger partial charge on any atom is -0.439 e. The van der Waals surface area contributed by atoms with E-state index in [1.165, 1.54) is 24.5 Å². The highest BCUT2D eigenvalue weighted by atomic mass is 32.2. The number of carbonyl (C=O) groups excluding carboxylic acids is 1. The van der Waals surface area contributed by atoms with Gasteiger partial charge in [0.15, 0.2) is 0 Å². The van der Waals surface area contributed by atoms with Crippen LogP contribution >= 0.6 is 11.8 Å². The van der Waals surface area contributed by atoms with Crippen LogP contribution in [0, 0.1) is 17.0 Å². The maximum absolute atomic E-state index is 10.9. The Labute approximate surface area is 106 Å². The van der Waals surface area contributed by atoms with Gasteiger partial charge in [-0.2, -0.15) is 0 Å². The molecule has 0 unspecified atom stereocenters. The molecule has 0 aliphatic heterocycles. The lowest BCUT2D eigenvalue weighted by Gasteiger charge is -2.00. The number of nitro benzene ring substituents is 1. The number of oxazole rings is 1. The van der Waals surface area contributed by atoms with Crippen molar-refractivity contribution in [2.24, 2.45) is 0 Å². The van der Waals surface area contributed by atoms with Crippen molar-refractivity contribution in [1.82, 2.24) is 4.98 Å². The first-order chi connectivity index (χ1) is 8.60. The summed E-state index contributed by atoms with van der Waals surface area (Å²) in [5.41, 5.74) is 0.819. The molecule has 0 spiro atoms. The van der Waals surface area contributed by atoms with Crippen LogP contribution in [0.4, 0.5) is 5.69 Å². The van der Waals surface area contributed by atoms with Gasteiger partial charge in [-0.1, -0.05) is 6.07 Å². The van der Waals surface area contributed by atoms with Gasteiger partial charge in [0.05, 0.1) is 15.5 Å². The quantitative estimate of drug-likeness (QED) is 0.479. The number of aryl methyl sites for hydroxylation is 1. The molecule has 0 atom stereocenters. The highest BCUT2D eigenvalue weighted by Crippen LogP contribution is 2.34. The number of nitro groups is 1. The Balaban J connectivity index is 2.37. The molecule has 0 aliphatic rings. The molecule has 6 nitrogen and oxygen atoms in total. The normalized spacial score (nSPS) is 10.3. The van der Waals surface area contributed by atoms with Crippen LogP contribution in [0.3, 0.4) is 0 Å². The minimum atomic E-state index is -0.537. The van der Waals surface area contributed by atoms with E-state index < -0.39 is 4.92 Å². The van der Waals surface area contributed by atoms with Gasteiger partial charge < -0.3 is 4.42 Å². The van der Waals surface area contributed by atoms with Crippen molar-refractivity contribution < 1.29 is 14.1 Å². The Bertz CT molecular complexity index is 609. The highest BCUT2D eigenvalue weighted by Gasteiger charge is 2.17. The van der Waals surface area contributed by atoms with Gasteiger partial charge in [-0.05, 0) is 24.8 Å². The van der Waals surface area contributed by atoms with Crippen molar-refractivity contribution in [3.05, 3.63) is 45.8 Å². The van der Waals surface area contributed by atoms with Gasteiger partial charge in [0.2, 0.25) is 0 Å². The van der Waals surface area contributed by atoms with Crippen LogP contribution in [0.25, 0.3) is 0 Å². The summed E-state index contributed by atoms with van der Waals surface area (Å²) < 4.78 is 5.12. The predicted molar refractivity (Wildman–Crippen MR) is 63.8 cm³/mol. The molecule has 2 aromatic rings. The molecule has 0 bridgehead atoms. The second-order valence-electron chi connectivity index (χ2n) is 3.46. The number of hydrogen-bond acceptors (Lipinski definition) is 6. The minimum absolute atomic E-state index is 0.138. The molecule has 7 heteroatoms. The Morgan fingerprint density at radius 2 is 2.28 bits per heavy atom. The van der Waals surface area contributed by atoms with Gasteiger partial charge >= 0.3 is 0 Å². The van der Waals surface area contributed by atoms with E-state index >= 15 is 0 Å². The summed E-state index contributed by atoms with van der Waals surface area (Å²) in [6.07, 6.45) is 2.03. The first kappa shape index (κ1) is 12.3. The van der Waals surface area contributed by atoms with E-state index in [4.69, 9.17) is 4.42 Å². The number of carbonyl (C=O) groups is 1. The standard InChI is InChI=1S/C11H8N2O4S/c1-7-6-17-11(12-7)18-10-3-2-8(5-14)4-9(10)13(15)16/h2-6H,1H3. The van der Waals surface area contributed by atoms with Gasteiger partial charge in [-0.25, -0.2) is 4.98 Å². The topological polar surface area (TPSA) is 86.2 Å². The van der Waals surface area contributed by atoms with Crippen LogP contribution in [0.1, 0.15) is 16.1 Å². The number of hydrogen-bond donors (Lipinski definition) is 0. The van der Waals surface area contributed by atoms with Crippen molar-refractivity contribution in [3.8, 4) is 0 Å². The van der Waals surface area contributed by atoms with Crippen molar-refractivity contribution in [2.45, 2.75) is 17.0 Å². The molecule has 2 rings (SSSR count). The lowest BCUT2D eigenvalue weighted by atomic mass is 10.2. The van der Waals surface area contributed by atoms with Gasteiger partial charge in [0.1, 0.15) is 12.5 Å². The molecule has 0 saturated heterocycles. The fourth-order valence-corrected chi connectivity index (χ4v) is 2.16. The second kappa shape index (κ2) is 5.01. The van der Waals surface area contributed by atoms with Crippen LogP contribution in [0.15, 0.2) is 39.0 Å². The molecule has 1 aromatic carbocycles. The Morgan fingerprint density at radius 1 is 1.50 bits per heavy atom. The van der Waals surface area contributed by atoms with E-state index in [0.717, 1.165) is 11.8 Å². The second-order valence-corrected chi connectivity index (χ2v) is 4.45. The highest BCUT2D eigenvalue weighted by molar-refractivity contribution is 7.99. The predicted octanol–water partition coefficient (Wildman–Crippen LogP) is 2.85. The average molecular weight is 264 g/mol. The fraction of sp³-hybridized carbons (Fsp3) is 0.0909. The van der Waals surface area contributed by atoms with E-state index in [9.17, 15) is 14.9 Å². The fourth-order valence-electron chi connectivity index (χ4n) is 1.31. The Kier molecular flexibility index (Phi) is 3.42. The van der Waals surface area contributed by atoms with Gasteiger partial charge in [0.25, 0.3) is 10.9 Å². The summed E-state index contributed by atoms with van der Waals surface area (Å²) >= 11 is 1.05. The molecule has 0 fully saturated rings. The summed E-state index contributed by atoms with van der Waals surface area (Å²) in [5.74, 6) is 0. The number of aldehydes is 1. The molecular formula is C11H8N2O4S. The summed E-state index contributed by atoms with van der Waals surface area (Å²) in [7, 11) is 0. The molecule has 0 amide bonds. The summed E-state index contributed by atoms with van der Waals surface area (Å²) in [6.45, 7) is 1.76. The third-order valence-electron chi connectivity index (χ3n) is 2.11. The lowest BCUT2D eigenvalue weighted by Crippen LogP contribution is -1.93. The smallest absolute Gasteiger partial charge is 0.284 e. The Morgan fingerprint density at radius 3 is 2.83 bits per heavy atom. The molecule has 0 aliphatic carbocycles. The summed E-state index contributed by atoms with van der Waals surface area (Å²) in [4.78, 5) is 25.4. The third-order valence-corrected chi connectivity index (χ3v) is 3.04. The molecule has 0 saturated carbocycles. The lowest BCUT2D eigenvalue weighted by molar-refractivity contribution is -0.387. The summed E-state index contributed by atoms with van der Waals surface area (Å²) in [6, 6.07) is 4.25. The maximum atomic E-state index is 10.9. The van der Waals surface area contributed by atoms with Crippen molar-refractivity contribution in [1.29, 1.82) is 0 Å². The van der Waals surface area contributed by atoms with Crippen LogP contribution in [-0.2, 0) is 0 Å². The van der Waals surface area contributed by atoms with Crippen molar-refractivity contribution in [2.75, 3.05) is 0 Å². The molecule has 92 valence electrons. The average Bonchev–Trinajstić information content (AvgIpc) is 2.75.